The average molecular weight is 315 g/mol. The van der Waals surface area contributed by atoms with Gasteiger partial charge in [-0.25, -0.2) is 4.98 Å². The molecule has 1 amide bonds. The minimum atomic E-state index is 0.00253. The van der Waals surface area contributed by atoms with E-state index in [4.69, 9.17) is 4.52 Å². The standard InChI is InChI=1S/C16H21N5O2/c1-11-18-15(23-19-11)12-6-5-9-21(10-12)16(22)13-7-4-8-17-14(13)20(2)3/h4,7-8,12H,5-6,9-10H2,1-3H3/t12-/m1/s1. The average Bonchev–Trinajstić information content (AvgIpc) is 3.01. The highest BCUT2D eigenvalue weighted by atomic mass is 16.5. The number of likely N-dealkylation sites (tertiary alicyclic amines) is 1. The second-order valence-corrected chi connectivity index (χ2v) is 6.04. The van der Waals surface area contributed by atoms with Crippen LogP contribution in [-0.2, 0) is 0 Å². The third-order valence-corrected chi connectivity index (χ3v) is 4.04. The molecule has 3 rings (SSSR count). The Morgan fingerprint density at radius 1 is 1.43 bits per heavy atom. The molecule has 7 nitrogen and oxygen atoms in total. The van der Waals surface area contributed by atoms with Crippen LogP contribution in [-0.4, -0.2) is 53.1 Å². The van der Waals surface area contributed by atoms with E-state index in [9.17, 15) is 4.79 Å². The third kappa shape index (κ3) is 3.18. The Morgan fingerprint density at radius 2 is 2.26 bits per heavy atom. The van der Waals surface area contributed by atoms with Crippen molar-refractivity contribution in [2.75, 3.05) is 32.1 Å². The van der Waals surface area contributed by atoms with Gasteiger partial charge in [-0.15, -0.1) is 0 Å². The molecule has 1 fully saturated rings. The maximum atomic E-state index is 12.9. The zero-order chi connectivity index (χ0) is 16.4. The largest absolute Gasteiger partial charge is 0.362 e. The van der Waals surface area contributed by atoms with E-state index in [1.165, 1.54) is 0 Å². The fourth-order valence-electron chi connectivity index (χ4n) is 2.93. The first-order chi connectivity index (χ1) is 11.1. The van der Waals surface area contributed by atoms with Crippen LogP contribution in [0.3, 0.4) is 0 Å². The highest BCUT2D eigenvalue weighted by Gasteiger charge is 2.30. The molecule has 1 saturated heterocycles. The Kier molecular flexibility index (Phi) is 4.27. The summed E-state index contributed by atoms with van der Waals surface area (Å²) in [5.41, 5.74) is 0.625. The van der Waals surface area contributed by atoms with Crippen LogP contribution < -0.4 is 4.90 Å². The number of rotatable bonds is 3. The van der Waals surface area contributed by atoms with E-state index in [0.717, 1.165) is 19.4 Å². The summed E-state index contributed by atoms with van der Waals surface area (Å²) in [5.74, 6) is 2.05. The molecule has 0 radical (unpaired) electrons. The molecule has 1 aliphatic rings. The van der Waals surface area contributed by atoms with Gasteiger partial charge in [0.15, 0.2) is 5.82 Å². The number of hydrogen-bond acceptors (Lipinski definition) is 6. The van der Waals surface area contributed by atoms with Crippen LogP contribution in [0.15, 0.2) is 22.9 Å². The van der Waals surface area contributed by atoms with Gasteiger partial charge < -0.3 is 14.3 Å². The maximum absolute atomic E-state index is 12.9. The van der Waals surface area contributed by atoms with Crippen LogP contribution in [0.25, 0.3) is 0 Å². The van der Waals surface area contributed by atoms with Gasteiger partial charge in [0.2, 0.25) is 5.89 Å². The molecular formula is C16H21N5O2. The van der Waals surface area contributed by atoms with E-state index in [1.54, 1.807) is 19.2 Å². The third-order valence-electron chi connectivity index (χ3n) is 4.04. The number of anilines is 1. The quantitative estimate of drug-likeness (QED) is 0.860. The number of carbonyl (C=O) groups is 1. The summed E-state index contributed by atoms with van der Waals surface area (Å²) in [5, 5.41) is 3.85. The van der Waals surface area contributed by atoms with Gasteiger partial charge in [0, 0.05) is 33.4 Å². The van der Waals surface area contributed by atoms with Crippen molar-refractivity contribution >= 4 is 11.7 Å². The predicted octanol–water partition coefficient (Wildman–Crippen LogP) is 1.86. The molecule has 23 heavy (non-hydrogen) atoms. The Morgan fingerprint density at radius 3 is 2.96 bits per heavy atom. The molecule has 0 saturated carbocycles. The minimum absolute atomic E-state index is 0.00253. The lowest BCUT2D eigenvalue weighted by molar-refractivity contribution is 0.0696. The Labute approximate surface area is 135 Å². The molecule has 0 aromatic carbocycles. The summed E-state index contributed by atoms with van der Waals surface area (Å²) < 4.78 is 5.28. The van der Waals surface area contributed by atoms with Gasteiger partial charge in [-0.2, -0.15) is 4.98 Å². The van der Waals surface area contributed by atoms with Crippen molar-refractivity contribution in [1.29, 1.82) is 0 Å². The Bertz CT molecular complexity index is 697. The van der Waals surface area contributed by atoms with Crippen LogP contribution in [0.4, 0.5) is 5.82 Å². The second-order valence-electron chi connectivity index (χ2n) is 6.04. The summed E-state index contributed by atoms with van der Waals surface area (Å²) in [6, 6.07) is 3.62. The summed E-state index contributed by atoms with van der Waals surface area (Å²) in [6.07, 6.45) is 3.58. The van der Waals surface area contributed by atoms with E-state index in [2.05, 4.69) is 15.1 Å². The van der Waals surface area contributed by atoms with Crippen molar-refractivity contribution in [3.8, 4) is 0 Å². The van der Waals surface area contributed by atoms with Gasteiger partial charge in [-0.05, 0) is 31.9 Å². The molecule has 3 heterocycles. The lowest BCUT2D eigenvalue weighted by Crippen LogP contribution is -2.39. The molecule has 1 atom stereocenters. The molecule has 2 aromatic heterocycles. The van der Waals surface area contributed by atoms with Gasteiger partial charge in [0.05, 0.1) is 11.5 Å². The monoisotopic (exact) mass is 315 g/mol. The summed E-state index contributed by atoms with van der Waals surface area (Å²) in [4.78, 5) is 25.2. The number of piperidine rings is 1. The highest BCUT2D eigenvalue weighted by Crippen LogP contribution is 2.27. The molecule has 1 aliphatic heterocycles. The van der Waals surface area contributed by atoms with E-state index < -0.39 is 0 Å². The Hall–Kier alpha value is -2.44. The van der Waals surface area contributed by atoms with Crippen molar-refractivity contribution in [2.24, 2.45) is 0 Å². The summed E-state index contributed by atoms with van der Waals surface area (Å²) >= 11 is 0. The first kappa shape index (κ1) is 15.5. The summed E-state index contributed by atoms with van der Waals surface area (Å²) in [7, 11) is 3.78. The molecule has 7 heteroatoms. The van der Waals surface area contributed by atoms with E-state index >= 15 is 0 Å². The van der Waals surface area contributed by atoms with Crippen LogP contribution in [0.2, 0.25) is 0 Å². The van der Waals surface area contributed by atoms with E-state index in [1.807, 2.05) is 30.0 Å². The SMILES string of the molecule is Cc1noc([C@@H]2CCCN(C(=O)c3cccnc3N(C)C)C2)n1. The lowest BCUT2D eigenvalue weighted by atomic mass is 9.97. The van der Waals surface area contributed by atoms with Crippen LogP contribution in [0, 0.1) is 6.92 Å². The first-order valence-electron chi connectivity index (χ1n) is 7.78. The van der Waals surface area contributed by atoms with Gasteiger partial charge in [0.25, 0.3) is 5.91 Å². The first-order valence-corrected chi connectivity index (χ1v) is 7.78. The minimum Gasteiger partial charge on any atom is -0.362 e. The van der Waals surface area contributed by atoms with Gasteiger partial charge in [-0.1, -0.05) is 5.16 Å². The number of amides is 1. The predicted molar refractivity (Wildman–Crippen MR) is 85.5 cm³/mol. The Balaban J connectivity index is 1.80. The number of pyridine rings is 1. The zero-order valence-corrected chi connectivity index (χ0v) is 13.7. The highest BCUT2D eigenvalue weighted by molar-refractivity contribution is 5.98. The van der Waals surface area contributed by atoms with E-state index in [0.29, 0.717) is 29.6 Å². The smallest absolute Gasteiger partial charge is 0.257 e. The molecule has 0 N–H and O–H groups in total. The molecule has 122 valence electrons. The molecule has 2 aromatic rings. The number of carbonyl (C=O) groups excluding carboxylic acids is 1. The number of nitrogens with zero attached hydrogens (tertiary/aromatic N) is 5. The zero-order valence-electron chi connectivity index (χ0n) is 13.7. The fraction of sp³-hybridized carbons (Fsp3) is 0.500. The molecule has 0 unspecified atom stereocenters. The second kappa shape index (κ2) is 6.36. The summed E-state index contributed by atoms with van der Waals surface area (Å²) in [6.45, 7) is 3.14. The lowest BCUT2D eigenvalue weighted by Gasteiger charge is -2.31. The van der Waals surface area contributed by atoms with Crippen molar-refractivity contribution in [2.45, 2.75) is 25.7 Å². The van der Waals surface area contributed by atoms with Gasteiger partial charge in [-0.3, -0.25) is 4.79 Å². The molecule has 0 aliphatic carbocycles. The van der Waals surface area contributed by atoms with Crippen molar-refractivity contribution < 1.29 is 9.32 Å². The molecule has 0 spiro atoms. The fourth-order valence-corrected chi connectivity index (χ4v) is 2.93. The van der Waals surface area contributed by atoms with Crippen molar-refractivity contribution in [1.82, 2.24) is 20.0 Å². The molecule has 0 bridgehead atoms. The van der Waals surface area contributed by atoms with Gasteiger partial charge in [0.1, 0.15) is 5.82 Å². The van der Waals surface area contributed by atoms with Crippen LogP contribution >= 0.6 is 0 Å². The van der Waals surface area contributed by atoms with Crippen molar-refractivity contribution in [3.63, 3.8) is 0 Å². The number of aromatic nitrogens is 3. The normalized spacial score (nSPS) is 18.0. The van der Waals surface area contributed by atoms with Crippen molar-refractivity contribution in [3.05, 3.63) is 35.6 Å². The molecular weight excluding hydrogens is 294 g/mol. The maximum Gasteiger partial charge on any atom is 0.257 e. The van der Waals surface area contributed by atoms with Gasteiger partial charge >= 0.3 is 0 Å². The van der Waals surface area contributed by atoms with Crippen LogP contribution in [0.1, 0.15) is 40.8 Å². The number of aryl methyl sites for hydroxylation is 1. The van der Waals surface area contributed by atoms with Crippen LogP contribution in [0.5, 0.6) is 0 Å². The van der Waals surface area contributed by atoms with E-state index in [-0.39, 0.29) is 11.8 Å². The number of hydrogen-bond donors (Lipinski definition) is 0. The topological polar surface area (TPSA) is 75.4 Å².